The standard InChI is InChI=1S/C10H14O/c1-7-4-8(2)6-10(5-7)9(3)11/h4-6,9,11H,1-3H3/t9-/m0/s1. The van der Waals surface area contributed by atoms with Crippen LogP contribution in [0.25, 0.3) is 0 Å². The molecule has 1 nitrogen and oxygen atoms in total. The first-order valence-electron chi connectivity index (χ1n) is 3.86. The van der Waals surface area contributed by atoms with Gasteiger partial charge in [-0.05, 0) is 26.3 Å². The Morgan fingerprint density at radius 1 is 1.09 bits per heavy atom. The molecule has 0 aliphatic carbocycles. The topological polar surface area (TPSA) is 20.2 Å². The van der Waals surface area contributed by atoms with Crippen LogP contribution in [0.15, 0.2) is 18.2 Å². The molecule has 0 amide bonds. The van der Waals surface area contributed by atoms with Gasteiger partial charge < -0.3 is 5.11 Å². The first-order valence-corrected chi connectivity index (χ1v) is 3.86. The van der Waals surface area contributed by atoms with Crippen LogP contribution in [0.2, 0.25) is 0 Å². The van der Waals surface area contributed by atoms with E-state index in [1.807, 2.05) is 26.0 Å². The van der Waals surface area contributed by atoms with Crippen LogP contribution >= 0.6 is 0 Å². The molecule has 1 rings (SSSR count). The Morgan fingerprint density at radius 2 is 1.55 bits per heavy atom. The molecule has 0 aliphatic heterocycles. The minimum Gasteiger partial charge on any atom is -0.389 e. The molecule has 0 heterocycles. The van der Waals surface area contributed by atoms with E-state index >= 15 is 0 Å². The lowest BCUT2D eigenvalue weighted by molar-refractivity contribution is 0.199. The van der Waals surface area contributed by atoms with Gasteiger partial charge in [-0.25, -0.2) is 0 Å². The monoisotopic (exact) mass is 150 g/mol. The molecule has 0 saturated heterocycles. The summed E-state index contributed by atoms with van der Waals surface area (Å²) in [5, 5.41) is 9.27. The fourth-order valence-electron chi connectivity index (χ4n) is 1.25. The Hall–Kier alpha value is -0.820. The number of aliphatic hydroxyl groups is 1. The van der Waals surface area contributed by atoms with Crippen molar-refractivity contribution >= 4 is 0 Å². The van der Waals surface area contributed by atoms with E-state index in [1.165, 1.54) is 11.1 Å². The maximum Gasteiger partial charge on any atom is 0.0762 e. The Bertz CT molecular complexity index is 231. The van der Waals surface area contributed by atoms with Crippen molar-refractivity contribution in [2.75, 3.05) is 0 Å². The van der Waals surface area contributed by atoms with Gasteiger partial charge in [0.15, 0.2) is 0 Å². The average Bonchev–Trinajstić information content (AvgIpc) is 1.85. The van der Waals surface area contributed by atoms with Crippen LogP contribution in [0.1, 0.15) is 29.7 Å². The predicted octanol–water partition coefficient (Wildman–Crippen LogP) is 2.36. The highest BCUT2D eigenvalue weighted by molar-refractivity contribution is 5.29. The highest BCUT2D eigenvalue weighted by Gasteiger charge is 2.00. The van der Waals surface area contributed by atoms with Gasteiger partial charge in [-0.2, -0.15) is 0 Å². The van der Waals surface area contributed by atoms with E-state index in [0.29, 0.717) is 0 Å². The molecule has 0 fully saturated rings. The normalized spacial score (nSPS) is 13.1. The van der Waals surface area contributed by atoms with Crippen LogP contribution in [0, 0.1) is 13.8 Å². The molecular weight excluding hydrogens is 136 g/mol. The first kappa shape index (κ1) is 8.28. The van der Waals surface area contributed by atoms with Crippen LogP contribution in [0.5, 0.6) is 0 Å². The van der Waals surface area contributed by atoms with Gasteiger partial charge in [-0.1, -0.05) is 29.3 Å². The Balaban J connectivity index is 3.08. The van der Waals surface area contributed by atoms with E-state index in [1.54, 1.807) is 6.92 Å². The molecule has 0 bridgehead atoms. The summed E-state index contributed by atoms with van der Waals surface area (Å²) in [6, 6.07) is 6.13. The molecule has 0 unspecified atom stereocenters. The number of hydrogen-bond acceptors (Lipinski definition) is 1. The summed E-state index contributed by atoms with van der Waals surface area (Å²) in [6.45, 7) is 5.87. The zero-order chi connectivity index (χ0) is 8.43. The lowest BCUT2D eigenvalue weighted by Crippen LogP contribution is -1.92. The molecule has 0 radical (unpaired) electrons. The van der Waals surface area contributed by atoms with Crippen molar-refractivity contribution in [3.8, 4) is 0 Å². The van der Waals surface area contributed by atoms with E-state index in [4.69, 9.17) is 0 Å². The highest BCUT2D eigenvalue weighted by atomic mass is 16.3. The number of benzene rings is 1. The van der Waals surface area contributed by atoms with E-state index in [-0.39, 0.29) is 6.10 Å². The maximum atomic E-state index is 9.27. The zero-order valence-electron chi connectivity index (χ0n) is 7.26. The third kappa shape index (κ3) is 2.05. The van der Waals surface area contributed by atoms with Crippen molar-refractivity contribution in [1.29, 1.82) is 0 Å². The van der Waals surface area contributed by atoms with Gasteiger partial charge in [0.25, 0.3) is 0 Å². The lowest BCUT2D eigenvalue weighted by Gasteiger charge is -2.06. The summed E-state index contributed by atoms with van der Waals surface area (Å²) in [5.41, 5.74) is 3.42. The SMILES string of the molecule is Cc1cc(C)cc([C@H](C)O)c1. The van der Waals surface area contributed by atoms with Crippen LogP contribution in [-0.4, -0.2) is 5.11 Å². The molecule has 60 valence electrons. The van der Waals surface area contributed by atoms with Gasteiger partial charge in [-0.15, -0.1) is 0 Å². The largest absolute Gasteiger partial charge is 0.389 e. The summed E-state index contributed by atoms with van der Waals surface area (Å²) in [7, 11) is 0. The van der Waals surface area contributed by atoms with Crippen molar-refractivity contribution < 1.29 is 5.11 Å². The smallest absolute Gasteiger partial charge is 0.0762 e. The fourth-order valence-corrected chi connectivity index (χ4v) is 1.25. The molecule has 0 spiro atoms. The van der Waals surface area contributed by atoms with E-state index in [9.17, 15) is 5.11 Å². The van der Waals surface area contributed by atoms with Gasteiger partial charge in [-0.3, -0.25) is 0 Å². The zero-order valence-corrected chi connectivity index (χ0v) is 7.26. The molecule has 1 aromatic carbocycles. The number of hydrogen-bond donors (Lipinski definition) is 1. The molecule has 1 aromatic rings. The Labute approximate surface area is 67.7 Å². The second kappa shape index (κ2) is 3.05. The summed E-state index contributed by atoms with van der Waals surface area (Å²) < 4.78 is 0. The van der Waals surface area contributed by atoms with Crippen molar-refractivity contribution in [3.05, 3.63) is 34.9 Å². The lowest BCUT2D eigenvalue weighted by atomic mass is 10.0. The number of aryl methyl sites for hydroxylation is 2. The average molecular weight is 150 g/mol. The molecule has 1 heteroatoms. The highest BCUT2D eigenvalue weighted by Crippen LogP contribution is 2.15. The fraction of sp³-hybridized carbons (Fsp3) is 0.400. The quantitative estimate of drug-likeness (QED) is 0.651. The molecule has 1 atom stereocenters. The molecule has 0 saturated carbocycles. The summed E-state index contributed by atoms with van der Waals surface area (Å²) >= 11 is 0. The second-order valence-electron chi connectivity index (χ2n) is 3.10. The van der Waals surface area contributed by atoms with Gasteiger partial charge in [0.2, 0.25) is 0 Å². The minimum atomic E-state index is -0.353. The molecule has 11 heavy (non-hydrogen) atoms. The van der Waals surface area contributed by atoms with Gasteiger partial charge in [0.1, 0.15) is 0 Å². The molecule has 0 aromatic heterocycles. The van der Waals surface area contributed by atoms with E-state index in [2.05, 4.69) is 6.07 Å². The van der Waals surface area contributed by atoms with Crippen molar-refractivity contribution in [3.63, 3.8) is 0 Å². The third-order valence-corrected chi connectivity index (χ3v) is 1.73. The van der Waals surface area contributed by atoms with Gasteiger partial charge in [0.05, 0.1) is 6.10 Å². The Kier molecular flexibility index (Phi) is 2.30. The van der Waals surface area contributed by atoms with Gasteiger partial charge in [0, 0.05) is 0 Å². The second-order valence-corrected chi connectivity index (χ2v) is 3.10. The number of aliphatic hydroxyl groups excluding tert-OH is 1. The summed E-state index contributed by atoms with van der Waals surface area (Å²) in [4.78, 5) is 0. The third-order valence-electron chi connectivity index (χ3n) is 1.73. The molecule has 0 aliphatic rings. The summed E-state index contributed by atoms with van der Waals surface area (Å²) in [6.07, 6.45) is -0.353. The summed E-state index contributed by atoms with van der Waals surface area (Å²) in [5.74, 6) is 0. The predicted molar refractivity (Wildman–Crippen MR) is 46.5 cm³/mol. The minimum absolute atomic E-state index is 0.353. The molecule has 1 N–H and O–H groups in total. The van der Waals surface area contributed by atoms with E-state index in [0.717, 1.165) is 5.56 Å². The van der Waals surface area contributed by atoms with Crippen LogP contribution < -0.4 is 0 Å². The van der Waals surface area contributed by atoms with E-state index < -0.39 is 0 Å². The number of rotatable bonds is 1. The molecular formula is C10H14O. The Morgan fingerprint density at radius 3 is 1.91 bits per heavy atom. The van der Waals surface area contributed by atoms with Gasteiger partial charge >= 0.3 is 0 Å². The van der Waals surface area contributed by atoms with Crippen molar-refractivity contribution in [2.45, 2.75) is 26.9 Å². The van der Waals surface area contributed by atoms with Crippen molar-refractivity contribution in [1.82, 2.24) is 0 Å². The first-order chi connectivity index (χ1) is 5.09. The van der Waals surface area contributed by atoms with Crippen LogP contribution in [-0.2, 0) is 0 Å². The van der Waals surface area contributed by atoms with Crippen LogP contribution in [0.3, 0.4) is 0 Å². The van der Waals surface area contributed by atoms with Crippen molar-refractivity contribution in [2.24, 2.45) is 0 Å². The van der Waals surface area contributed by atoms with Crippen LogP contribution in [0.4, 0.5) is 0 Å². The maximum absolute atomic E-state index is 9.27.